The highest BCUT2D eigenvalue weighted by molar-refractivity contribution is 5.94. The molecule has 2 aromatic rings. The molecule has 0 aliphatic heterocycles. The van der Waals surface area contributed by atoms with Gasteiger partial charge in [0.2, 0.25) is 5.91 Å². The molecule has 158 valence electrons. The van der Waals surface area contributed by atoms with Gasteiger partial charge in [0.1, 0.15) is 5.75 Å². The van der Waals surface area contributed by atoms with Crippen molar-refractivity contribution >= 4 is 11.6 Å². The number of carbonyl (C=O) groups excluding carboxylic acids is 1. The molecule has 0 heterocycles. The predicted octanol–water partition coefficient (Wildman–Crippen LogP) is 5.61. The van der Waals surface area contributed by atoms with Gasteiger partial charge >= 0.3 is 6.61 Å². The standard InChI is InChI=1S/C23H30F2N2O2/c1-15(2)19-7-6-8-20(16(3)4)22(19)26-21(28)14-27(5)13-17-9-11-18(12-10-17)29-23(24)25/h6-12,15-16,23H,13-14H2,1-5H3,(H,26,28). The SMILES string of the molecule is CC(C)c1cccc(C(C)C)c1NC(=O)CN(C)Cc1ccc(OC(F)F)cc1. The normalized spacial score (nSPS) is 11.6. The molecular weight excluding hydrogens is 374 g/mol. The summed E-state index contributed by atoms with van der Waals surface area (Å²) in [6, 6.07) is 12.6. The molecule has 6 heteroatoms. The Morgan fingerprint density at radius 3 is 2.03 bits per heavy atom. The summed E-state index contributed by atoms with van der Waals surface area (Å²) in [6.07, 6.45) is 0. The molecule has 2 rings (SSSR count). The van der Waals surface area contributed by atoms with Crippen molar-refractivity contribution in [3.05, 3.63) is 59.2 Å². The molecule has 29 heavy (non-hydrogen) atoms. The van der Waals surface area contributed by atoms with Crippen LogP contribution in [0, 0.1) is 0 Å². The van der Waals surface area contributed by atoms with Crippen LogP contribution < -0.4 is 10.1 Å². The van der Waals surface area contributed by atoms with Gasteiger partial charge in [0.15, 0.2) is 0 Å². The van der Waals surface area contributed by atoms with Crippen molar-refractivity contribution in [1.29, 1.82) is 0 Å². The van der Waals surface area contributed by atoms with Gasteiger partial charge in [0.05, 0.1) is 6.54 Å². The monoisotopic (exact) mass is 404 g/mol. The van der Waals surface area contributed by atoms with E-state index in [1.165, 1.54) is 12.1 Å². The van der Waals surface area contributed by atoms with Crippen LogP contribution in [0.1, 0.15) is 56.2 Å². The van der Waals surface area contributed by atoms with Crippen LogP contribution in [-0.2, 0) is 11.3 Å². The molecule has 0 spiro atoms. The van der Waals surface area contributed by atoms with Crippen LogP contribution in [0.3, 0.4) is 0 Å². The number of anilines is 1. The molecule has 0 aromatic heterocycles. The lowest BCUT2D eigenvalue weighted by atomic mass is 9.92. The second-order valence-electron chi connectivity index (χ2n) is 7.86. The molecule has 0 saturated heterocycles. The van der Waals surface area contributed by atoms with Crippen molar-refractivity contribution in [2.75, 3.05) is 18.9 Å². The van der Waals surface area contributed by atoms with Crippen molar-refractivity contribution < 1.29 is 18.3 Å². The number of alkyl halides is 2. The van der Waals surface area contributed by atoms with Crippen LogP contribution in [0.15, 0.2) is 42.5 Å². The average Bonchev–Trinajstić information content (AvgIpc) is 2.62. The zero-order chi connectivity index (χ0) is 21.6. The molecule has 1 N–H and O–H groups in total. The Morgan fingerprint density at radius 1 is 1.00 bits per heavy atom. The first-order valence-electron chi connectivity index (χ1n) is 9.82. The summed E-state index contributed by atoms with van der Waals surface area (Å²) in [4.78, 5) is 14.6. The molecule has 2 aromatic carbocycles. The first-order valence-corrected chi connectivity index (χ1v) is 9.82. The quantitative estimate of drug-likeness (QED) is 0.591. The van der Waals surface area contributed by atoms with Crippen LogP contribution in [0.2, 0.25) is 0 Å². The lowest BCUT2D eigenvalue weighted by Gasteiger charge is -2.22. The summed E-state index contributed by atoms with van der Waals surface area (Å²) in [6.45, 7) is 6.36. The van der Waals surface area contributed by atoms with E-state index < -0.39 is 6.61 Å². The van der Waals surface area contributed by atoms with Gasteiger partial charge in [0, 0.05) is 12.2 Å². The second kappa shape index (κ2) is 10.3. The second-order valence-corrected chi connectivity index (χ2v) is 7.86. The fourth-order valence-corrected chi connectivity index (χ4v) is 3.26. The number of amides is 1. The van der Waals surface area contributed by atoms with Gasteiger partial charge in [-0.1, -0.05) is 58.0 Å². The van der Waals surface area contributed by atoms with Crippen molar-refractivity contribution in [3.8, 4) is 5.75 Å². The molecule has 0 bridgehead atoms. The van der Waals surface area contributed by atoms with E-state index in [0.29, 0.717) is 18.4 Å². The molecule has 0 saturated carbocycles. The number of hydrogen-bond donors (Lipinski definition) is 1. The highest BCUT2D eigenvalue weighted by atomic mass is 19.3. The largest absolute Gasteiger partial charge is 0.435 e. The van der Waals surface area contributed by atoms with Gasteiger partial charge in [-0.15, -0.1) is 0 Å². The van der Waals surface area contributed by atoms with Crippen LogP contribution in [0.5, 0.6) is 5.75 Å². The van der Waals surface area contributed by atoms with Gasteiger partial charge in [-0.25, -0.2) is 0 Å². The number of para-hydroxylation sites is 1. The smallest absolute Gasteiger partial charge is 0.387 e. The fraction of sp³-hybridized carbons (Fsp3) is 0.435. The lowest BCUT2D eigenvalue weighted by Crippen LogP contribution is -2.30. The van der Waals surface area contributed by atoms with E-state index in [-0.39, 0.29) is 18.2 Å². The minimum atomic E-state index is -2.84. The van der Waals surface area contributed by atoms with E-state index in [1.54, 1.807) is 12.1 Å². The van der Waals surface area contributed by atoms with E-state index in [4.69, 9.17) is 0 Å². The van der Waals surface area contributed by atoms with Gasteiger partial charge in [-0.2, -0.15) is 8.78 Å². The first kappa shape index (κ1) is 22.8. The number of halogens is 2. The Labute approximate surface area is 171 Å². The minimum Gasteiger partial charge on any atom is -0.435 e. The maximum absolute atomic E-state index is 12.7. The molecule has 0 atom stereocenters. The molecule has 1 amide bonds. The minimum absolute atomic E-state index is 0.0832. The van der Waals surface area contributed by atoms with Gasteiger partial charge in [-0.05, 0) is 47.7 Å². The summed E-state index contributed by atoms with van der Waals surface area (Å²) >= 11 is 0. The number of hydrogen-bond acceptors (Lipinski definition) is 3. The third-order valence-electron chi connectivity index (χ3n) is 4.65. The number of nitrogens with zero attached hydrogens (tertiary/aromatic N) is 1. The van der Waals surface area contributed by atoms with E-state index in [1.807, 2.05) is 18.0 Å². The van der Waals surface area contributed by atoms with E-state index in [2.05, 4.69) is 49.9 Å². The zero-order valence-corrected chi connectivity index (χ0v) is 17.7. The summed E-state index contributed by atoms with van der Waals surface area (Å²) in [5.41, 5.74) is 4.07. The first-order chi connectivity index (χ1) is 13.7. The van der Waals surface area contributed by atoms with Gasteiger partial charge in [-0.3, -0.25) is 9.69 Å². The summed E-state index contributed by atoms with van der Waals surface area (Å²) < 4.78 is 28.8. The highest BCUT2D eigenvalue weighted by Crippen LogP contribution is 2.32. The Hall–Kier alpha value is -2.47. The van der Waals surface area contributed by atoms with Gasteiger partial charge in [0.25, 0.3) is 0 Å². The fourth-order valence-electron chi connectivity index (χ4n) is 3.26. The number of nitrogens with one attached hydrogen (secondary N) is 1. The molecular formula is C23H30F2N2O2. The third kappa shape index (κ3) is 6.82. The third-order valence-corrected chi connectivity index (χ3v) is 4.65. The average molecular weight is 405 g/mol. The zero-order valence-electron chi connectivity index (χ0n) is 17.7. The Kier molecular flexibility index (Phi) is 8.14. The molecule has 0 radical (unpaired) electrons. The van der Waals surface area contributed by atoms with E-state index in [0.717, 1.165) is 22.4 Å². The molecule has 4 nitrogen and oxygen atoms in total. The Bertz CT molecular complexity index is 779. The van der Waals surface area contributed by atoms with Crippen LogP contribution in [0.25, 0.3) is 0 Å². The highest BCUT2D eigenvalue weighted by Gasteiger charge is 2.17. The summed E-state index contributed by atoms with van der Waals surface area (Å²) in [7, 11) is 1.85. The Morgan fingerprint density at radius 2 is 1.55 bits per heavy atom. The number of benzene rings is 2. The molecule has 0 aliphatic carbocycles. The van der Waals surface area contributed by atoms with E-state index >= 15 is 0 Å². The van der Waals surface area contributed by atoms with Crippen molar-refractivity contribution in [2.24, 2.45) is 0 Å². The van der Waals surface area contributed by atoms with Crippen LogP contribution in [0.4, 0.5) is 14.5 Å². The van der Waals surface area contributed by atoms with Crippen molar-refractivity contribution in [3.63, 3.8) is 0 Å². The molecule has 0 aliphatic rings. The number of ether oxygens (including phenoxy) is 1. The Balaban J connectivity index is 2.02. The maximum Gasteiger partial charge on any atom is 0.387 e. The summed E-state index contributed by atoms with van der Waals surface area (Å²) in [5, 5.41) is 3.11. The number of likely N-dealkylation sites (N-methyl/N-ethyl adjacent to an activating group) is 1. The van der Waals surface area contributed by atoms with Crippen molar-refractivity contribution in [1.82, 2.24) is 4.90 Å². The van der Waals surface area contributed by atoms with E-state index in [9.17, 15) is 13.6 Å². The molecule has 0 unspecified atom stereocenters. The van der Waals surface area contributed by atoms with Crippen LogP contribution >= 0.6 is 0 Å². The number of rotatable bonds is 9. The van der Waals surface area contributed by atoms with Crippen molar-refractivity contribution in [2.45, 2.75) is 52.7 Å². The van der Waals surface area contributed by atoms with Gasteiger partial charge < -0.3 is 10.1 Å². The van der Waals surface area contributed by atoms with Crippen LogP contribution in [-0.4, -0.2) is 31.0 Å². The molecule has 0 fully saturated rings. The maximum atomic E-state index is 12.7. The topological polar surface area (TPSA) is 41.6 Å². The summed E-state index contributed by atoms with van der Waals surface area (Å²) in [5.74, 6) is 0.641. The number of carbonyl (C=O) groups is 1. The lowest BCUT2D eigenvalue weighted by molar-refractivity contribution is -0.117. The predicted molar refractivity (Wildman–Crippen MR) is 113 cm³/mol.